The highest BCUT2D eigenvalue weighted by Crippen LogP contribution is 2.22. The van der Waals surface area contributed by atoms with Gasteiger partial charge in [0.15, 0.2) is 0 Å². The number of furan rings is 1. The lowest BCUT2D eigenvalue weighted by Gasteiger charge is -2.21. The fourth-order valence-electron chi connectivity index (χ4n) is 2.05. The Bertz CT molecular complexity index is 656. The molecule has 0 aliphatic heterocycles. The third kappa shape index (κ3) is 3.52. The topological polar surface area (TPSA) is 62.5 Å². The molecule has 0 aliphatic carbocycles. The Morgan fingerprint density at radius 1 is 1.19 bits per heavy atom. The smallest absolute Gasteiger partial charge is 0.251 e. The summed E-state index contributed by atoms with van der Waals surface area (Å²) in [4.78, 5) is 12.1. The summed E-state index contributed by atoms with van der Waals surface area (Å²) in [5.41, 5.74) is 1.56. The lowest BCUT2D eigenvalue weighted by molar-refractivity contribution is 0.0323. The minimum atomic E-state index is -1.23. The molecule has 1 unspecified atom stereocenters. The van der Waals surface area contributed by atoms with E-state index in [1.54, 1.807) is 25.1 Å². The van der Waals surface area contributed by atoms with E-state index in [-0.39, 0.29) is 12.5 Å². The molecule has 1 aromatic carbocycles. The number of amides is 1. The van der Waals surface area contributed by atoms with Crippen LogP contribution in [-0.4, -0.2) is 17.6 Å². The van der Waals surface area contributed by atoms with Crippen LogP contribution in [-0.2, 0) is 5.60 Å². The number of carbonyl (C=O) groups excluding carboxylic acids is 1. The van der Waals surface area contributed by atoms with E-state index < -0.39 is 5.60 Å². The fraction of sp³-hybridized carbons (Fsp3) is 0.353. The van der Waals surface area contributed by atoms with Crippen LogP contribution < -0.4 is 5.32 Å². The van der Waals surface area contributed by atoms with Crippen molar-refractivity contribution in [1.29, 1.82) is 0 Å². The molecule has 0 bridgehead atoms. The molecule has 0 radical (unpaired) electrons. The normalized spacial score (nSPS) is 13.8. The molecule has 1 heterocycles. The summed E-state index contributed by atoms with van der Waals surface area (Å²) in [6.45, 7) is 7.49. The van der Waals surface area contributed by atoms with E-state index in [9.17, 15) is 9.90 Å². The van der Waals surface area contributed by atoms with Gasteiger partial charge in [-0.3, -0.25) is 4.79 Å². The van der Waals surface area contributed by atoms with Crippen molar-refractivity contribution in [3.63, 3.8) is 0 Å². The van der Waals surface area contributed by atoms with Gasteiger partial charge in [0.2, 0.25) is 0 Å². The van der Waals surface area contributed by atoms with Gasteiger partial charge in [-0.2, -0.15) is 0 Å². The van der Waals surface area contributed by atoms with E-state index in [0.29, 0.717) is 11.3 Å². The van der Waals surface area contributed by atoms with Crippen LogP contribution in [0.3, 0.4) is 0 Å². The van der Waals surface area contributed by atoms with Gasteiger partial charge in [-0.15, -0.1) is 0 Å². The van der Waals surface area contributed by atoms with Gasteiger partial charge >= 0.3 is 0 Å². The monoisotopic (exact) mass is 287 g/mol. The predicted octanol–water partition coefficient (Wildman–Crippen LogP) is 2.84. The first-order valence-electron chi connectivity index (χ1n) is 6.94. The first kappa shape index (κ1) is 15.3. The fourth-order valence-corrected chi connectivity index (χ4v) is 2.05. The Kier molecular flexibility index (Phi) is 4.19. The second kappa shape index (κ2) is 5.74. The Labute approximate surface area is 124 Å². The first-order valence-corrected chi connectivity index (χ1v) is 6.94. The van der Waals surface area contributed by atoms with E-state index in [1.165, 1.54) is 0 Å². The zero-order valence-electron chi connectivity index (χ0n) is 12.9. The molecule has 1 aromatic heterocycles. The van der Waals surface area contributed by atoms with Crippen molar-refractivity contribution in [2.75, 3.05) is 6.54 Å². The third-order valence-corrected chi connectivity index (χ3v) is 3.63. The van der Waals surface area contributed by atoms with Crippen LogP contribution in [0, 0.1) is 20.8 Å². The van der Waals surface area contributed by atoms with Crippen LogP contribution in [0.25, 0.3) is 0 Å². The standard InChI is InChI=1S/C17H21NO3/c1-11-5-7-14(9-12(11)2)16(19)18-10-17(4,20)15-8-6-13(3)21-15/h5-9,20H,10H2,1-4H3,(H,18,19). The van der Waals surface area contributed by atoms with Gasteiger partial charge in [-0.05, 0) is 63.1 Å². The lowest BCUT2D eigenvalue weighted by atomic mass is 10.0. The number of nitrogens with one attached hydrogen (secondary N) is 1. The zero-order valence-corrected chi connectivity index (χ0v) is 12.9. The van der Waals surface area contributed by atoms with E-state index in [4.69, 9.17) is 4.42 Å². The maximum atomic E-state index is 12.1. The quantitative estimate of drug-likeness (QED) is 0.909. The Balaban J connectivity index is 2.04. The first-order chi connectivity index (χ1) is 9.79. The van der Waals surface area contributed by atoms with E-state index in [0.717, 1.165) is 16.9 Å². The lowest BCUT2D eigenvalue weighted by Crippen LogP contribution is -2.38. The zero-order chi connectivity index (χ0) is 15.6. The molecular formula is C17H21NO3. The van der Waals surface area contributed by atoms with Crippen molar-refractivity contribution in [3.05, 3.63) is 58.5 Å². The van der Waals surface area contributed by atoms with Gasteiger partial charge in [0, 0.05) is 5.56 Å². The number of benzene rings is 1. The maximum absolute atomic E-state index is 12.1. The molecule has 2 rings (SSSR count). The molecule has 2 N–H and O–H groups in total. The maximum Gasteiger partial charge on any atom is 0.251 e. The van der Waals surface area contributed by atoms with Crippen molar-refractivity contribution in [1.82, 2.24) is 5.32 Å². The van der Waals surface area contributed by atoms with Gasteiger partial charge in [-0.25, -0.2) is 0 Å². The van der Waals surface area contributed by atoms with Crippen LogP contribution in [0.1, 0.15) is 39.9 Å². The number of hydrogen-bond donors (Lipinski definition) is 2. The average molecular weight is 287 g/mol. The van der Waals surface area contributed by atoms with Crippen molar-refractivity contribution >= 4 is 5.91 Å². The Morgan fingerprint density at radius 3 is 2.48 bits per heavy atom. The van der Waals surface area contributed by atoms with Crippen LogP contribution in [0.5, 0.6) is 0 Å². The van der Waals surface area contributed by atoms with E-state index in [2.05, 4.69) is 5.32 Å². The summed E-state index contributed by atoms with van der Waals surface area (Å²) >= 11 is 0. The van der Waals surface area contributed by atoms with Crippen LogP contribution in [0.4, 0.5) is 0 Å². The Morgan fingerprint density at radius 2 is 1.90 bits per heavy atom. The van der Waals surface area contributed by atoms with Crippen molar-refractivity contribution in [2.24, 2.45) is 0 Å². The van der Waals surface area contributed by atoms with Crippen LogP contribution in [0.15, 0.2) is 34.7 Å². The summed E-state index contributed by atoms with van der Waals surface area (Å²) in [6, 6.07) is 9.05. The molecule has 2 aromatic rings. The van der Waals surface area contributed by atoms with E-state index in [1.807, 2.05) is 32.9 Å². The highest BCUT2D eigenvalue weighted by atomic mass is 16.4. The number of aliphatic hydroxyl groups is 1. The highest BCUT2D eigenvalue weighted by Gasteiger charge is 2.27. The third-order valence-electron chi connectivity index (χ3n) is 3.63. The van der Waals surface area contributed by atoms with Crippen molar-refractivity contribution in [2.45, 2.75) is 33.3 Å². The second-order valence-corrected chi connectivity index (χ2v) is 5.67. The molecular weight excluding hydrogens is 266 g/mol. The van der Waals surface area contributed by atoms with E-state index >= 15 is 0 Å². The Hall–Kier alpha value is -2.07. The molecule has 1 atom stereocenters. The van der Waals surface area contributed by atoms with Crippen molar-refractivity contribution in [3.8, 4) is 0 Å². The van der Waals surface area contributed by atoms with Gasteiger partial charge in [-0.1, -0.05) is 6.07 Å². The molecule has 0 aliphatic rings. The largest absolute Gasteiger partial charge is 0.463 e. The molecule has 4 nitrogen and oxygen atoms in total. The summed E-state index contributed by atoms with van der Waals surface area (Å²) in [7, 11) is 0. The molecule has 4 heteroatoms. The van der Waals surface area contributed by atoms with Crippen molar-refractivity contribution < 1.29 is 14.3 Å². The summed E-state index contributed by atoms with van der Waals surface area (Å²) < 4.78 is 5.42. The molecule has 0 saturated heterocycles. The molecule has 112 valence electrons. The van der Waals surface area contributed by atoms with Crippen LogP contribution >= 0.6 is 0 Å². The second-order valence-electron chi connectivity index (χ2n) is 5.67. The highest BCUT2D eigenvalue weighted by molar-refractivity contribution is 5.94. The summed E-state index contributed by atoms with van der Waals surface area (Å²) in [5, 5.41) is 13.1. The minimum Gasteiger partial charge on any atom is -0.463 e. The van der Waals surface area contributed by atoms with Gasteiger partial charge in [0.05, 0.1) is 6.54 Å². The van der Waals surface area contributed by atoms with Crippen LogP contribution in [0.2, 0.25) is 0 Å². The average Bonchev–Trinajstić information content (AvgIpc) is 2.87. The molecule has 0 fully saturated rings. The van der Waals surface area contributed by atoms with Gasteiger partial charge in [0.1, 0.15) is 17.1 Å². The molecule has 21 heavy (non-hydrogen) atoms. The number of carbonyl (C=O) groups is 1. The number of rotatable bonds is 4. The predicted molar refractivity (Wildman–Crippen MR) is 81.3 cm³/mol. The molecule has 0 saturated carbocycles. The summed E-state index contributed by atoms with van der Waals surface area (Å²) in [6.07, 6.45) is 0. The number of hydrogen-bond acceptors (Lipinski definition) is 3. The van der Waals surface area contributed by atoms with Gasteiger partial charge in [0.25, 0.3) is 5.91 Å². The summed E-state index contributed by atoms with van der Waals surface area (Å²) in [5.74, 6) is 0.966. The molecule has 1 amide bonds. The van der Waals surface area contributed by atoms with Gasteiger partial charge < -0.3 is 14.8 Å². The SMILES string of the molecule is Cc1ccc(C(C)(O)CNC(=O)c2ccc(C)c(C)c2)o1. The number of aryl methyl sites for hydroxylation is 3. The minimum absolute atomic E-state index is 0.0890. The molecule has 0 spiro atoms.